The summed E-state index contributed by atoms with van der Waals surface area (Å²) >= 11 is 5.75. The first-order valence-corrected chi connectivity index (χ1v) is 6.96. The topological polar surface area (TPSA) is 88.0 Å². The zero-order valence-electron chi connectivity index (χ0n) is 11.9. The molecule has 0 radical (unpaired) electrons. The number of carboxylic acids is 1. The van der Waals surface area contributed by atoms with Gasteiger partial charge in [0.15, 0.2) is 6.61 Å². The van der Waals surface area contributed by atoms with Crippen molar-refractivity contribution >= 4 is 29.7 Å². The first kappa shape index (κ1) is 16.5. The van der Waals surface area contributed by atoms with E-state index >= 15 is 0 Å². The van der Waals surface area contributed by atoms with Gasteiger partial charge in [0.1, 0.15) is 5.75 Å². The van der Waals surface area contributed by atoms with E-state index in [0.29, 0.717) is 16.3 Å². The van der Waals surface area contributed by atoms with E-state index in [2.05, 4.69) is 10.5 Å². The first-order valence-electron chi connectivity index (χ1n) is 6.58. The molecule has 2 aromatic carbocycles. The van der Waals surface area contributed by atoms with Gasteiger partial charge < -0.3 is 9.84 Å². The molecule has 0 unspecified atom stereocenters. The molecule has 0 aliphatic rings. The molecule has 23 heavy (non-hydrogen) atoms. The Morgan fingerprint density at radius 1 is 1.13 bits per heavy atom. The number of nitrogens with zero attached hydrogens (tertiary/aromatic N) is 1. The third-order valence-electron chi connectivity index (χ3n) is 2.73. The number of carboxylic acid groups (broad SMARTS) is 1. The Labute approximate surface area is 137 Å². The van der Waals surface area contributed by atoms with E-state index in [1.165, 1.54) is 6.21 Å². The summed E-state index contributed by atoms with van der Waals surface area (Å²) in [6, 6.07) is 13.1. The molecule has 0 aliphatic heterocycles. The number of ether oxygens (including phenoxy) is 1. The lowest BCUT2D eigenvalue weighted by Crippen LogP contribution is -2.17. The fourth-order valence-corrected chi connectivity index (χ4v) is 1.75. The predicted octanol–water partition coefficient (Wildman–Crippen LogP) is 2.57. The number of hydrazone groups is 1. The van der Waals surface area contributed by atoms with Gasteiger partial charge in [-0.2, -0.15) is 5.10 Å². The molecule has 118 valence electrons. The van der Waals surface area contributed by atoms with Gasteiger partial charge in [-0.15, -0.1) is 0 Å². The van der Waals surface area contributed by atoms with Crippen molar-refractivity contribution in [2.24, 2.45) is 5.10 Å². The van der Waals surface area contributed by atoms with E-state index in [1.807, 2.05) is 0 Å². The van der Waals surface area contributed by atoms with Crippen LogP contribution in [0.3, 0.4) is 0 Å². The molecule has 6 nitrogen and oxygen atoms in total. The normalized spacial score (nSPS) is 10.5. The van der Waals surface area contributed by atoms with Crippen molar-refractivity contribution in [3.05, 3.63) is 64.7 Å². The van der Waals surface area contributed by atoms with E-state index in [0.717, 1.165) is 5.56 Å². The van der Waals surface area contributed by atoms with E-state index in [9.17, 15) is 9.59 Å². The Morgan fingerprint density at radius 2 is 1.78 bits per heavy atom. The van der Waals surface area contributed by atoms with E-state index in [1.54, 1.807) is 48.5 Å². The van der Waals surface area contributed by atoms with Gasteiger partial charge in [-0.25, -0.2) is 10.2 Å². The van der Waals surface area contributed by atoms with Gasteiger partial charge in [0.25, 0.3) is 5.91 Å². The molecule has 0 spiro atoms. The van der Waals surface area contributed by atoms with E-state index in [-0.39, 0.29) is 5.91 Å². The monoisotopic (exact) mass is 332 g/mol. The van der Waals surface area contributed by atoms with Crippen LogP contribution in [0.1, 0.15) is 15.9 Å². The highest BCUT2D eigenvalue weighted by Crippen LogP contribution is 2.11. The number of aliphatic carboxylic acids is 1. The Bertz CT molecular complexity index is 712. The highest BCUT2D eigenvalue weighted by Gasteiger charge is 2.03. The molecule has 0 bridgehead atoms. The minimum Gasteiger partial charge on any atom is -0.482 e. The second-order valence-corrected chi connectivity index (χ2v) is 4.89. The average molecular weight is 333 g/mol. The largest absolute Gasteiger partial charge is 0.482 e. The molecule has 7 heteroatoms. The quantitative estimate of drug-likeness (QED) is 0.628. The summed E-state index contributed by atoms with van der Waals surface area (Å²) in [5.74, 6) is -0.949. The molecule has 0 saturated carbocycles. The number of halogens is 1. The minimum atomic E-state index is -1.04. The maximum absolute atomic E-state index is 11.8. The molecular weight excluding hydrogens is 320 g/mol. The molecule has 1 amide bonds. The van der Waals surface area contributed by atoms with E-state index < -0.39 is 12.6 Å². The Morgan fingerprint density at radius 3 is 2.39 bits per heavy atom. The summed E-state index contributed by atoms with van der Waals surface area (Å²) in [4.78, 5) is 22.2. The van der Waals surface area contributed by atoms with Gasteiger partial charge >= 0.3 is 5.97 Å². The summed E-state index contributed by atoms with van der Waals surface area (Å²) in [6.07, 6.45) is 1.47. The lowest BCUT2D eigenvalue weighted by Gasteiger charge is -2.03. The van der Waals surface area contributed by atoms with Crippen LogP contribution in [-0.2, 0) is 4.79 Å². The Kier molecular flexibility index (Phi) is 5.71. The maximum atomic E-state index is 11.8. The van der Waals surface area contributed by atoms with Crippen LogP contribution in [0, 0.1) is 0 Å². The molecule has 0 aliphatic carbocycles. The second kappa shape index (κ2) is 7.95. The Balaban J connectivity index is 1.88. The van der Waals surface area contributed by atoms with Crippen LogP contribution >= 0.6 is 11.6 Å². The molecule has 0 saturated heterocycles. The first-order chi connectivity index (χ1) is 11.0. The second-order valence-electron chi connectivity index (χ2n) is 4.46. The number of carbonyl (C=O) groups excluding carboxylic acids is 1. The molecule has 0 atom stereocenters. The lowest BCUT2D eigenvalue weighted by molar-refractivity contribution is -0.139. The average Bonchev–Trinajstić information content (AvgIpc) is 2.54. The fourth-order valence-electron chi connectivity index (χ4n) is 1.63. The molecular formula is C16H13ClN2O4. The van der Waals surface area contributed by atoms with Crippen molar-refractivity contribution in [3.63, 3.8) is 0 Å². The van der Waals surface area contributed by atoms with Crippen molar-refractivity contribution in [1.29, 1.82) is 0 Å². The van der Waals surface area contributed by atoms with Gasteiger partial charge in [-0.1, -0.05) is 11.6 Å². The molecule has 2 aromatic rings. The lowest BCUT2D eigenvalue weighted by atomic mass is 10.2. The van der Waals surface area contributed by atoms with Crippen molar-refractivity contribution < 1.29 is 19.4 Å². The van der Waals surface area contributed by atoms with Gasteiger partial charge in [0.2, 0.25) is 0 Å². The van der Waals surface area contributed by atoms with Crippen LogP contribution in [0.5, 0.6) is 5.75 Å². The predicted molar refractivity (Wildman–Crippen MR) is 86.1 cm³/mol. The summed E-state index contributed by atoms with van der Waals surface area (Å²) in [5, 5.41) is 12.9. The number of benzene rings is 2. The SMILES string of the molecule is O=C(O)COc1ccc(C=NNC(=O)c2ccc(Cl)cc2)cc1. The smallest absolute Gasteiger partial charge is 0.341 e. The van der Waals surface area contributed by atoms with Crippen LogP contribution < -0.4 is 10.2 Å². The van der Waals surface area contributed by atoms with Gasteiger partial charge in [0.05, 0.1) is 6.21 Å². The molecule has 0 aromatic heterocycles. The van der Waals surface area contributed by atoms with Gasteiger partial charge in [-0.3, -0.25) is 4.79 Å². The zero-order valence-corrected chi connectivity index (χ0v) is 12.7. The number of amides is 1. The van der Waals surface area contributed by atoms with Crippen molar-refractivity contribution in [2.75, 3.05) is 6.61 Å². The van der Waals surface area contributed by atoms with E-state index in [4.69, 9.17) is 21.4 Å². The maximum Gasteiger partial charge on any atom is 0.341 e. The molecule has 0 fully saturated rings. The summed E-state index contributed by atoms with van der Waals surface area (Å²) in [6.45, 7) is -0.398. The molecule has 0 heterocycles. The number of hydrogen-bond acceptors (Lipinski definition) is 4. The highest BCUT2D eigenvalue weighted by atomic mass is 35.5. The number of hydrogen-bond donors (Lipinski definition) is 2. The molecule has 2 N–H and O–H groups in total. The third kappa shape index (κ3) is 5.44. The highest BCUT2D eigenvalue weighted by molar-refractivity contribution is 6.30. The minimum absolute atomic E-state index is 0.348. The number of rotatable bonds is 6. The van der Waals surface area contributed by atoms with Crippen LogP contribution in [0.15, 0.2) is 53.6 Å². The molecule has 2 rings (SSSR count). The van der Waals surface area contributed by atoms with Crippen molar-refractivity contribution in [2.45, 2.75) is 0 Å². The fraction of sp³-hybridized carbons (Fsp3) is 0.0625. The van der Waals surface area contributed by atoms with Crippen LogP contribution in [-0.4, -0.2) is 29.8 Å². The summed E-state index contributed by atoms with van der Waals surface area (Å²) < 4.78 is 5.01. The Hall–Kier alpha value is -2.86. The van der Waals surface area contributed by atoms with Gasteiger partial charge in [-0.05, 0) is 54.1 Å². The summed E-state index contributed by atoms with van der Waals surface area (Å²) in [5.41, 5.74) is 3.57. The third-order valence-corrected chi connectivity index (χ3v) is 2.98. The number of nitrogens with one attached hydrogen (secondary N) is 1. The summed E-state index contributed by atoms with van der Waals surface area (Å²) in [7, 11) is 0. The number of carbonyl (C=O) groups is 2. The van der Waals surface area contributed by atoms with Crippen molar-refractivity contribution in [3.8, 4) is 5.75 Å². The van der Waals surface area contributed by atoms with Crippen LogP contribution in [0.4, 0.5) is 0 Å². The van der Waals surface area contributed by atoms with Crippen LogP contribution in [0.25, 0.3) is 0 Å². The van der Waals surface area contributed by atoms with Crippen LogP contribution in [0.2, 0.25) is 5.02 Å². The van der Waals surface area contributed by atoms with Gasteiger partial charge in [0, 0.05) is 10.6 Å². The van der Waals surface area contributed by atoms with Crippen molar-refractivity contribution in [1.82, 2.24) is 5.43 Å². The standard InChI is InChI=1S/C16H13ClN2O4/c17-13-5-3-12(4-6-13)16(22)19-18-9-11-1-7-14(8-2-11)23-10-15(20)21/h1-9H,10H2,(H,19,22)(H,20,21). The zero-order chi connectivity index (χ0) is 16.7.